The monoisotopic (exact) mass is 267 g/mol. The first-order chi connectivity index (χ1) is 9.72. The van der Waals surface area contributed by atoms with Crippen LogP contribution in [0, 0.1) is 6.92 Å². The second kappa shape index (κ2) is 4.45. The number of aromatic nitrogens is 1. The Labute approximate surface area is 119 Å². The molecule has 20 heavy (non-hydrogen) atoms. The standard InChI is InChI=1S/C17H21N3/c1-11-5-6-12-3-2-4-16(17(12)19-11)20-14-7-8-15(20)10-13(18)9-14/h2-6,13-15H,7-10,18H2,1H3. The van der Waals surface area contributed by atoms with E-state index in [0.29, 0.717) is 18.1 Å². The van der Waals surface area contributed by atoms with Gasteiger partial charge in [-0.05, 0) is 44.7 Å². The van der Waals surface area contributed by atoms with Gasteiger partial charge in [-0.25, -0.2) is 0 Å². The minimum Gasteiger partial charge on any atom is -0.364 e. The van der Waals surface area contributed by atoms with Crippen LogP contribution in [0.15, 0.2) is 30.3 Å². The van der Waals surface area contributed by atoms with Gasteiger partial charge >= 0.3 is 0 Å². The summed E-state index contributed by atoms with van der Waals surface area (Å²) in [6.07, 6.45) is 4.80. The molecule has 2 aliphatic heterocycles. The molecule has 104 valence electrons. The van der Waals surface area contributed by atoms with Crippen LogP contribution in [-0.2, 0) is 0 Å². The van der Waals surface area contributed by atoms with E-state index in [1.165, 1.54) is 23.9 Å². The average Bonchev–Trinajstić information content (AvgIpc) is 2.70. The molecule has 0 aliphatic carbocycles. The average molecular weight is 267 g/mol. The molecule has 2 N–H and O–H groups in total. The molecule has 0 spiro atoms. The van der Waals surface area contributed by atoms with Gasteiger partial charge in [0.25, 0.3) is 0 Å². The normalized spacial score (nSPS) is 29.1. The maximum atomic E-state index is 6.19. The molecule has 3 heterocycles. The lowest BCUT2D eigenvalue weighted by atomic mass is 9.97. The Hall–Kier alpha value is -1.61. The first kappa shape index (κ1) is 12.2. The van der Waals surface area contributed by atoms with Gasteiger partial charge < -0.3 is 10.6 Å². The number of hydrogen-bond donors (Lipinski definition) is 1. The number of nitrogens with two attached hydrogens (primary N) is 1. The van der Waals surface area contributed by atoms with E-state index in [9.17, 15) is 0 Å². The fourth-order valence-electron chi connectivity index (χ4n) is 4.05. The molecule has 3 heteroatoms. The summed E-state index contributed by atoms with van der Waals surface area (Å²) in [7, 11) is 0. The Kier molecular flexibility index (Phi) is 2.71. The number of aryl methyl sites for hydroxylation is 1. The highest BCUT2D eigenvalue weighted by Gasteiger charge is 2.40. The minimum absolute atomic E-state index is 0.383. The molecule has 1 aromatic carbocycles. The van der Waals surface area contributed by atoms with Crippen molar-refractivity contribution < 1.29 is 0 Å². The Bertz CT molecular complexity index is 638. The van der Waals surface area contributed by atoms with Gasteiger partial charge in [0.15, 0.2) is 0 Å². The van der Waals surface area contributed by atoms with Crippen molar-refractivity contribution in [2.45, 2.75) is 50.7 Å². The van der Waals surface area contributed by atoms with E-state index in [1.807, 2.05) is 0 Å². The van der Waals surface area contributed by atoms with Crippen molar-refractivity contribution in [1.29, 1.82) is 0 Å². The predicted octanol–water partition coefficient (Wildman–Crippen LogP) is 3.00. The highest BCUT2D eigenvalue weighted by molar-refractivity contribution is 5.91. The van der Waals surface area contributed by atoms with Crippen molar-refractivity contribution in [3.8, 4) is 0 Å². The smallest absolute Gasteiger partial charge is 0.0938 e. The van der Waals surface area contributed by atoms with E-state index in [2.05, 4.69) is 42.2 Å². The summed E-state index contributed by atoms with van der Waals surface area (Å²) >= 11 is 0. The molecular formula is C17H21N3. The summed E-state index contributed by atoms with van der Waals surface area (Å²) in [6.45, 7) is 2.07. The molecule has 0 saturated carbocycles. The summed E-state index contributed by atoms with van der Waals surface area (Å²) < 4.78 is 0. The van der Waals surface area contributed by atoms with E-state index in [0.717, 1.165) is 24.1 Å². The third-order valence-electron chi connectivity index (χ3n) is 4.89. The van der Waals surface area contributed by atoms with Gasteiger partial charge in [-0.1, -0.05) is 18.2 Å². The van der Waals surface area contributed by atoms with Crippen LogP contribution in [0.2, 0.25) is 0 Å². The first-order valence-corrected chi connectivity index (χ1v) is 7.62. The molecule has 0 radical (unpaired) electrons. The molecule has 2 atom stereocenters. The van der Waals surface area contributed by atoms with Crippen LogP contribution in [0.1, 0.15) is 31.4 Å². The number of rotatable bonds is 1. The molecule has 2 fully saturated rings. The van der Waals surface area contributed by atoms with Crippen LogP contribution in [0.25, 0.3) is 10.9 Å². The van der Waals surface area contributed by atoms with Gasteiger partial charge in [-0.15, -0.1) is 0 Å². The number of para-hydroxylation sites is 1. The number of benzene rings is 1. The Morgan fingerprint density at radius 1 is 1.10 bits per heavy atom. The molecule has 2 aromatic rings. The number of piperidine rings is 1. The van der Waals surface area contributed by atoms with Gasteiger partial charge in [0.05, 0.1) is 11.2 Å². The molecule has 2 bridgehead atoms. The SMILES string of the molecule is Cc1ccc2cccc(N3C4CCC3CC(N)C4)c2n1. The Morgan fingerprint density at radius 3 is 2.60 bits per heavy atom. The summed E-state index contributed by atoms with van der Waals surface area (Å²) in [5, 5.41) is 1.24. The van der Waals surface area contributed by atoms with Crippen molar-refractivity contribution >= 4 is 16.6 Å². The number of hydrogen-bond acceptors (Lipinski definition) is 3. The van der Waals surface area contributed by atoms with Crippen LogP contribution in [0.5, 0.6) is 0 Å². The van der Waals surface area contributed by atoms with Crippen LogP contribution in [0.3, 0.4) is 0 Å². The lowest BCUT2D eigenvalue weighted by molar-refractivity contribution is 0.415. The zero-order valence-corrected chi connectivity index (χ0v) is 11.9. The van der Waals surface area contributed by atoms with Crippen molar-refractivity contribution in [1.82, 2.24) is 4.98 Å². The van der Waals surface area contributed by atoms with Gasteiger partial charge in [0.1, 0.15) is 0 Å². The number of pyridine rings is 1. The first-order valence-electron chi connectivity index (χ1n) is 7.62. The molecule has 2 saturated heterocycles. The minimum atomic E-state index is 0.383. The molecule has 0 amide bonds. The topological polar surface area (TPSA) is 42.1 Å². The van der Waals surface area contributed by atoms with Crippen molar-refractivity contribution in [2.24, 2.45) is 5.73 Å². The Morgan fingerprint density at radius 2 is 1.85 bits per heavy atom. The zero-order chi connectivity index (χ0) is 13.7. The molecule has 4 rings (SSSR count). The number of nitrogens with zero attached hydrogens (tertiary/aromatic N) is 2. The van der Waals surface area contributed by atoms with E-state index in [-0.39, 0.29) is 0 Å². The second-order valence-corrected chi connectivity index (χ2v) is 6.33. The largest absolute Gasteiger partial charge is 0.364 e. The summed E-state index contributed by atoms with van der Waals surface area (Å²) in [6, 6.07) is 12.4. The molecule has 1 aromatic heterocycles. The third kappa shape index (κ3) is 1.80. The summed E-state index contributed by atoms with van der Waals surface area (Å²) in [5.41, 5.74) is 9.74. The maximum absolute atomic E-state index is 6.19. The third-order valence-corrected chi connectivity index (χ3v) is 4.89. The predicted molar refractivity (Wildman–Crippen MR) is 83.0 cm³/mol. The fourth-order valence-corrected chi connectivity index (χ4v) is 4.05. The highest BCUT2D eigenvalue weighted by atomic mass is 15.2. The molecule has 2 unspecified atom stereocenters. The second-order valence-electron chi connectivity index (χ2n) is 6.33. The number of anilines is 1. The van der Waals surface area contributed by atoms with Crippen molar-refractivity contribution in [3.05, 3.63) is 36.0 Å². The van der Waals surface area contributed by atoms with Crippen LogP contribution in [0.4, 0.5) is 5.69 Å². The van der Waals surface area contributed by atoms with Gasteiger partial charge in [-0.3, -0.25) is 4.98 Å². The molecule has 3 nitrogen and oxygen atoms in total. The lowest BCUT2D eigenvalue weighted by Gasteiger charge is -2.39. The van der Waals surface area contributed by atoms with Gasteiger partial charge in [0, 0.05) is 29.2 Å². The van der Waals surface area contributed by atoms with E-state index in [4.69, 9.17) is 10.7 Å². The van der Waals surface area contributed by atoms with Crippen LogP contribution in [-0.4, -0.2) is 23.1 Å². The number of fused-ring (bicyclic) bond motifs is 3. The van der Waals surface area contributed by atoms with Crippen LogP contribution >= 0.6 is 0 Å². The quantitative estimate of drug-likeness (QED) is 0.863. The van der Waals surface area contributed by atoms with Gasteiger partial charge in [0.2, 0.25) is 0 Å². The van der Waals surface area contributed by atoms with E-state index < -0.39 is 0 Å². The summed E-state index contributed by atoms with van der Waals surface area (Å²) in [5.74, 6) is 0. The van der Waals surface area contributed by atoms with Crippen molar-refractivity contribution in [3.63, 3.8) is 0 Å². The maximum Gasteiger partial charge on any atom is 0.0938 e. The van der Waals surface area contributed by atoms with Crippen molar-refractivity contribution in [2.75, 3.05) is 4.90 Å². The lowest BCUT2D eigenvalue weighted by Crippen LogP contribution is -2.47. The fraction of sp³-hybridized carbons (Fsp3) is 0.471. The molecule has 2 aliphatic rings. The summed E-state index contributed by atoms with van der Waals surface area (Å²) in [4.78, 5) is 7.40. The zero-order valence-electron chi connectivity index (χ0n) is 11.9. The van der Waals surface area contributed by atoms with Crippen LogP contribution < -0.4 is 10.6 Å². The highest BCUT2D eigenvalue weighted by Crippen LogP contribution is 2.41. The molecular weight excluding hydrogens is 246 g/mol. The van der Waals surface area contributed by atoms with Gasteiger partial charge in [-0.2, -0.15) is 0 Å². The van der Waals surface area contributed by atoms with E-state index in [1.54, 1.807) is 0 Å². The Balaban J connectivity index is 1.85. The van der Waals surface area contributed by atoms with E-state index >= 15 is 0 Å².